The van der Waals surface area contributed by atoms with Gasteiger partial charge in [0.1, 0.15) is 30.3 Å². The molecule has 2 heterocycles. The Kier molecular flexibility index (Phi) is 3.56. The second-order valence-corrected chi connectivity index (χ2v) is 5.99. The van der Waals surface area contributed by atoms with Crippen LogP contribution in [0.4, 0.5) is 11.4 Å². The number of nitrogens with zero attached hydrogens (tertiary/aromatic N) is 3. The number of aromatic carboxylic acids is 1. The Balaban J connectivity index is 1.83. The van der Waals surface area contributed by atoms with Gasteiger partial charge in [-0.3, -0.25) is 0 Å². The number of amidine groups is 1. The minimum absolute atomic E-state index is 0.255. The fourth-order valence-corrected chi connectivity index (χ4v) is 3.31. The number of hydrogen-bond donors (Lipinski definition) is 2. The van der Waals surface area contributed by atoms with Gasteiger partial charge in [0.2, 0.25) is 0 Å². The number of rotatable bonds is 4. The average Bonchev–Trinajstić information content (AvgIpc) is 3.02. The van der Waals surface area contributed by atoms with E-state index in [1.165, 1.54) is 0 Å². The molecule has 0 radical (unpaired) electrons. The molecule has 0 aliphatic carbocycles. The minimum Gasteiger partial charge on any atom is -0.478 e. The van der Waals surface area contributed by atoms with Gasteiger partial charge in [0, 0.05) is 18.2 Å². The Labute approximate surface area is 144 Å². The van der Waals surface area contributed by atoms with E-state index in [-0.39, 0.29) is 5.56 Å². The molecule has 0 spiro atoms. The summed E-state index contributed by atoms with van der Waals surface area (Å²) in [6.07, 6.45) is 3.86. The lowest BCUT2D eigenvalue weighted by Crippen LogP contribution is -2.52. The second-order valence-electron chi connectivity index (χ2n) is 5.99. The van der Waals surface area contributed by atoms with E-state index in [1.54, 1.807) is 30.5 Å². The van der Waals surface area contributed by atoms with Crippen molar-refractivity contribution in [2.45, 2.75) is 0 Å². The lowest BCUT2D eigenvalue weighted by Gasteiger charge is -2.32. The van der Waals surface area contributed by atoms with Crippen LogP contribution in [0.2, 0.25) is 0 Å². The maximum atomic E-state index is 11.0. The first-order chi connectivity index (χ1) is 12.1. The molecular formula is C19H17N4O2+. The summed E-state index contributed by atoms with van der Waals surface area (Å²) >= 11 is 0. The van der Waals surface area contributed by atoms with Crippen LogP contribution in [0.25, 0.3) is 5.70 Å². The molecule has 6 nitrogen and oxygen atoms in total. The van der Waals surface area contributed by atoms with Crippen LogP contribution in [0.15, 0.2) is 64.7 Å². The molecule has 2 aromatic rings. The topological polar surface area (TPSA) is 88.0 Å². The van der Waals surface area contributed by atoms with Crippen molar-refractivity contribution in [3.63, 3.8) is 0 Å². The molecular weight excluding hydrogens is 316 g/mol. The molecule has 4 rings (SSSR count). The zero-order valence-corrected chi connectivity index (χ0v) is 13.5. The van der Waals surface area contributed by atoms with Gasteiger partial charge >= 0.3 is 5.97 Å². The Morgan fingerprint density at radius 2 is 1.88 bits per heavy atom. The van der Waals surface area contributed by atoms with Crippen molar-refractivity contribution in [2.24, 2.45) is 15.7 Å². The van der Waals surface area contributed by atoms with E-state index >= 15 is 0 Å². The molecule has 0 aromatic heterocycles. The molecule has 0 saturated heterocycles. The van der Waals surface area contributed by atoms with Crippen molar-refractivity contribution in [3.8, 4) is 0 Å². The van der Waals surface area contributed by atoms with Crippen LogP contribution in [0, 0.1) is 0 Å². The SMILES string of the molecule is NCC[N+]12C=C(c3ccc(C(=O)O)cc3)N=C1C=Nc1ccccc12. The summed E-state index contributed by atoms with van der Waals surface area (Å²) in [5, 5.41) is 9.05. The molecule has 2 aliphatic rings. The van der Waals surface area contributed by atoms with E-state index in [0.717, 1.165) is 28.5 Å². The highest BCUT2D eigenvalue weighted by Crippen LogP contribution is 2.41. The quantitative estimate of drug-likeness (QED) is 0.843. The number of hydrogen-bond acceptors (Lipinski definition) is 4. The van der Waals surface area contributed by atoms with E-state index in [1.807, 2.05) is 24.3 Å². The molecule has 2 aliphatic heterocycles. The minimum atomic E-state index is -0.941. The molecule has 25 heavy (non-hydrogen) atoms. The van der Waals surface area contributed by atoms with Gasteiger partial charge in [-0.15, -0.1) is 0 Å². The Morgan fingerprint density at radius 1 is 1.12 bits per heavy atom. The molecule has 1 atom stereocenters. The third-order valence-corrected chi connectivity index (χ3v) is 4.53. The number of carbonyl (C=O) groups is 1. The van der Waals surface area contributed by atoms with E-state index in [4.69, 9.17) is 15.8 Å². The van der Waals surface area contributed by atoms with Crippen LogP contribution in [0.3, 0.4) is 0 Å². The third-order valence-electron chi connectivity index (χ3n) is 4.53. The van der Waals surface area contributed by atoms with Crippen molar-refractivity contribution < 1.29 is 9.90 Å². The highest BCUT2D eigenvalue weighted by Gasteiger charge is 2.43. The number of carboxylic acid groups (broad SMARTS) is 1. The first kappa shape index (κ1) is 15.4. The summed E-state index contributed by atoms with van der Waals surface area (Å²) in [5.74, 6) is -0.121. The Hall–Kier alpha value is -3.09. The molecule has 124 valence electrons. The zero-order valence-electron chi connectivity index (χ0n) is 13.5. The lowest BCUT2D eigenvalue weighted by molar-refractivity contribution is 0.0697. The van der Waals surface area contributed by atoms with Gasteiger partial charge in [-0.25, -0.2) is 14.3 Å². The summed E-state index contributed by atoms with van der Waals surface area (Å²) in [5.41, 5.74) is 9.77. The smallest absolute Gasteiger partial charge is 0.335 e. The van der Waals surface area contributed by atoms with E-state index in [2.05, 4.69) is 11.2 Å². The summed E-state index contributed by atoms with van der Waals surface area (Å²) in [7, 11) is 0. The predicted octanol–water partition coefficient (Wildman–Crippen LogP) is 2.78. The number of benzene rings is 2. The van der Waals surface area contributed by atoms with Gasteiger partial charge in [-0.1, -0.05) is 24.3 Å². The first-order valence-electron chi connectivity index (χ1n) is 8.01. The highest BCUT2D eigenvalue weighted by atomic mass is 16.4. The molecule has 1 unspecified atom stereocenters. The molecule has 3 N–H and O–H groups in total. The molecule has 0 saturated carbocycles. The van der Waals surface area contributed by atoms with Crippen LogP contribution in [-0.2, 0) is 0 Å². The van der Waals surface area contributed by atoms with Crippen LogP contribution in [0.5, 0.6) is 0 Å². The number of aliphatic imine (C=N–C) groups is 2. The summed E-state index contributed by atoms with van der Waals surface area (Å²) in [6.45, 7) is 1.18. The van der Waals surface area contributed by atoms with Gasteiger partial charge in [0.05, 0.1) is 5.56 Å². The summed E-state index contributed by atoms with van der Waals surface area (Å²) < 4.78 is 0.437. The van der Waals surface area contributed by atoms with Crippen molar-refractivity contribution in [2.75, 3.05) is 13.1 Å². The lowest BCUT2D eigenvalue weighted by atomic mass is 10.1. The van der Waals surface area contributed by atoms with Gasteiger partial charge in [0.15, 0.2) is 5.69 Å². The fourth-order valence-electron chi connectivity index (χ4n) is 3.31. The van der Waals surface area contributed by atoms with Gasteiger partial charge in [-0.2, -0.15) is 4.99 Å². The monoisotopic (exact) mass is 333 g/mol. The van der Waals surface area contributed by atoms with Crippen molar-refractivity contribution in [1.29, 1.82) is 0 Å². The van der Waals surface area contributed by atoms with Crippen molar-refractivity contribution in [3.05, 3.63) is 65.9 Å². The van der Waals surface area contributed by atoms with E-state index in [0.29, 0.717) is 17.6 Å². The third kappa shape index (κ3) is 2.39. The first-order valence-corrected chi connectivity index (χ1v) is 8.01. The van der Waals surface area contributed by atoms with Crippen LogP contribution in [0.1, 0.15) is 15.9 Å². The molecule has 0 fully saturated rings. The number of para-hydroxylation sites is 2. The molecule has 6 heteroatoms. The maximum absolute atomic E-state index is 11.0. The number of fused-ring (bicyclic) bond motifs is 3. The molecule has 0 amide bonds. The zero-order chi connectivity index (χ0) is 17.4. The maximum Gasteiger partial charge on any atom is 0.335 e. The van der Waals surface area contributed by atoms with Crippen molar-refractivity contribution in [1.82, 2.24) is 4.48 Å². The predicted molar refractivity (Wildman–Crippen MR) is 99.1 cm³/mol. The van der Waals surface area contributed by atoms with E-state index in [9.17, 15) is 4.79 Å². The molecule has 0 bridgehead atoms. The second kappa shape index (κ2) is 5.77. The normalized spacial score (nSPS) is 20.5. The standard InChI is InChI=1S/C19H16N4O2/c20-9-10-23-12-16(13-5-7-14(8-6-13)19(24)25)22-18(23)11-21-15-3-1-2-4-17(15)23/h1-8,11-12H,9-10,20H2/p+1. The number of nitrogens with two attached hydrogens (primary N) is 1. The van der Waals surface area contributed by atoms with Crippen LogP contribution in [-0.4, -0.2) is 36.2 Å². The van der Waals surface area contributed by atoms with Crippen LogP contribution < -0.4 is 10.2 Å². The van der Waals surface area contributed by atoms with Crippen LogP contribution >= 0.6 is 0 Å². The van der Waals surface area contributed by atoms with E-state index < -0.39 is 5.97 Å². The van der Waals surface area contributed by atoms with Gasteiger partial charge in [0.25, 0.3) is 5.84 Å². The number of carboxylic acids is 1. The van der Waals surface area contributed by atoms with Gasteiger partial charge < -0.3 is 10.8 Å². The fraction of sp³-hybridized carbons (Fsp3) is 0.105. The average molecular weight is 333 g/mol. The Bertz CT molecular complexity index is 944. The molecule has 2 aromatic carbocycles. The van der Waals surface area contributed by atoms with Gasteiger partial charge in [-0.05, 0) is 18.2 Å². The summed E-state index contributed by atoms with van der Waals surface area (Å²) in [6, 6.07) is 14.7. The Morgan fingerprint density at radius 3 is 2.60 bits per heavy atom. The largest absolute Gasteiger partial charge is 0.478 e. The summed E-state index contributed by atoms with van der Waals surface area (Å²) in [4.78, 5) is 20.3. The van der Waals surface area contributed by atoms with Crippen molar-refractivity contribution >= 4 is 35.1 Å². The highest BCUT2D eigenvalue weighted by molar-refractivity contribution is 6.38. The number of quaternary nitrogens is 1.